The van der Waals surface area contributed by atoms with Gasteiger partial charge < -0.3 is 9.47 Å². The van der Waals surface area contributed by atoms with Crippen molar-refractivity contribution in [1.82, 2.24) is 4.31 Å². The van der Waals surface area contributed by atoms with Crippen molar-refractivity contribution in [3.8, 4) is 0 Å². The molecule has 0 aromatic heterocycles. The molecule has 1 aliphatic heterocycles. The first kappa shape index (κ1) is 21.4. The van der Waals surface area contributed by atoms with Crippen LogP contribution in [0.1, 0.15) is 56.8 Å². The summed E-state index contributed by atoms with van der Waals surface area (Å²) in [6, 6.07) is 5.57. The van der Waals surface area contributed by atoms with Crippen LogP contribution in [0, 0.1) is 0 Å². The Bertz CT molecular complexity index is 756. The predicted molar refractivity (Wildman–Crippen MR) is 99.8 cm³/mol. The Kier molecular flexibility index (Phi) is 7.00. The minimum Gasteiger partial charge on any atom is -0.457 e. The molecule has 2 rings (SSSR count). The zero-order valence-electron chi connectivity index (χ0n) is 16.1. The summed E-state index contributed by atoms with van der Waals surface area (Å²) in [6.45, 7) is 5.69. The summed E-state index contributed by atoms with van der Waals surface area (Å²) in [6.07, 6.45) is 3.78. The molecule has 0 bridgehead atoms. The van der Waals surface area contributed by atoms with Gasteiger partial charge in [-0.25, -0.2) is 18.0 Å². The van der Waals surface area contributed by atoms with Crippen LogP contribution >= 0.6 is 0 Å². The predicted octanol–water partition coefficient (Wildman–Crippen LogP) is 2.75. The number of carbonyl (C=O) groups excluding carboxylic acids is 2. The quantitative estimate of drug-likeness (QED) is 0.710. The van der Waals surface area contributed by atoms with Crippen molar-refractivity contribution in [2.45, 2.75) is 57.0 Å². The second-order valence-electron chi connectivity index (χ2n) is 7.51. The van der Waals surface area contributed by atoms with E-state index in [1.165, 1.54) is 28.6 Å². The fraction of sp³-hybridized carbons (Fsp3) is 0.579. The summed E-state index contributed by atoms with van der Waals surface area (Å²) >= 11 is 0. The Morgan fingerprint density at radius 1 is 1.00 bits per heavy atom. The average Bonchev–Trinajstić information content (AvgIpc) is 2.88. The van der Waals surface area contributed by atoms with Gasteiger partial charge in [0.2, 0.25) is 10.0 Å². The summed E-state index contributed by atoms with van der Waals surface area (Å²) in [5, 5.41) is 0. The number of nitrogens with zero attached hydrogens (tertiary/aromatic N) is 1. The summed E-state index contributed by atoms with van der Waals surface area (Å²) < 4.78 is 36.9. The molecule has 1 aromatic rings. The standard InChI is InChI=1S/C19H27NO6S/c1-19(2,3)26-17(21)14-25-18(22)15-8-10-16(11-9-15)27(23,24)20-12-6-4-5-7-13-20/h8-11H,4-7,12-14H2,1-3H3. The largest absolute Gasteiger partial charge is 0.457 e. The third-order valence-corrected chi connectivity index (χ3v) is 5.95. The Morgan fingerprint density at radius 2 is 1.56 bits per heavy atom. The highest BCUT2D eigenvalue weighted by Crippen LogP contribution is 2.21. The summed E-state index contributed by atoms with van der Waals surface area (Å²) in [5.41, 5.74) is -0.485. The number of benzene rings is 1. The maximum atomic E-state index is 12.7. The molecule has 1 fully saturated rings. The molecule has 1 aliphatic rings. The molecule has 0 radical (unpaired) electrons. The highest BCUT2D eigenvalue weighted by molar-refractivity contribution is 7.89. The van der Waals surface area contributed by atoms with E-state index in [-0.39, 0.29) is 10.5 Å². The van der Waals surface area contributed by atoms with Crippen molar-refractivity contribution in [3.63, 3.8) is 0 Å². The number of sulfonamides is 1. The maximum absolute atomic E-state index is 12.7. The molecule has 0 N–H and O–H groups in total. The van der Waals surface area contributed by atoms with Gasteiger partial charge in [-0.1, -0.05) is 12.8 Å². The van der Waals surface area contributed by atoms with E-state index < -0.39 is 34.2 Å². The zero-order chi connectivity index (χ0) is 20.1. The van der Waals surface area contributed by atoms with Gasteiger partial charge in [0.25, 0.3) is 0 Å². The van der Waals surface area contributed by atoms with Gasteiger partial charge in [0, 0.05) is 13.1 Å². The van der Waals surface area contributed by atoms with E-state index in [4.69, 9.17) is 9.47 Å². The molecule has 0 unspecified atom stereocenters. The Morgan fingerprint density at radius 3 is 2.07 bits per heavy atom. The van der Waals surface area contributed by atoms with Crippen LogP contribution in [0.15, 0.2) is 29.2 Å². The molecule has 27 heavy (non-hydrogen) atoms. The van der Waals surface area contributed by atoms with Crippen molar-refractivity contribution >= 4 is 22.0 Å². The minimum absolute atomic E-state index is 0.146. The lowest BCUT2D eigenvalue weighted by Crippen LogP contribution is -2.31. The van der Waals surface area contributed by atoms with Gasteiger partial charge in [-0.3, -0.25) is 0 Å². The first-order valence-corrected chi connectivity index (χ1v) is 10.5. The third kappa shape index (κ3) is 6.32. The lowest BCUT2D eigenvalue weighted by molar-refractivity contribution is -0.158. The molecule has 1 saturated heterocycles. The molecule has 150 valence electrons. The van der Waals surface area contributed by atoms with Gasteiger partial charge in [0.05, 0.1) is 10.5 Å². The van der Waals surface area contributed by atoms with Gasteiger partial charge in [-0.05, 0) is 57.9 Å². The van der Waals surface area contributed by atoms with Gasteiger partial charge >= 0.3 is 11.9 Å². The lowest BCUT2D eigenvalue weighted by atomic mass is 10.2. The normalized spacial score (nSPS) is 16.4. The maximum Gasteiger partial charge on any atom is 0.344 e. The number of hydrogen-bond acceptors (Lipinski definition) is 6. The van der Waals surface area contributed by atoms with Crippen LogP contribution < -0.4 is 0 Å². The molecule has 1 aromatic carbocycles. The van der Waals surface area contributed by atoms with Crippen molar-refractivity contribution in [2.75, 3.05) is 19.7 Å². The molecular weight excluding hydrogens is 370 g/mol. The molecule has 0 spiro atoms. The summed E-state index contributed by atoms with van der Waals surface area (Å²) in [7, 11) is -3.57. The minimum atomic E-state index is -3.57. The van der Waals surface area contributed by atoms with Crippen molar-refractivity contribution in [1.29, 1.82) is 0 Å². The second-order valence-corrected chi connectivity index (χ2v) is 9.44. The van der Waals surface area contributed by atoms with Crippen LogP contribution in [0.2, 0.25) is 0 Å². The van der Waals surface area contributed by atoms with Crippen molar-refractivity contribution in [3.05, 3.63) is 29.8 Å². The summed E-state index contributed by atoms with van der Waals surface area (Å²) in [4.78, 5) is 23.8. The van der Waals surface area contributed by atoms with Gasteiger partial charge in [-0.15, -0.1) is 0 Å². The average molecular weight is 397 g/mol. The van der Waals surface area contributed by atoms with E-state index >= 15 is 0 Å². The molecule has 0 aliphatic carbocycles. The van der Waals surface area contributed by atoms with E-state index in [1.807, 2.05) is 0 Å². The van der Waals surface area contributed by atoms with Crippen molar-refractivity contribution in [2.24, 2.45) is 0 Å². The van der Waals surface area contributed by atoms with Crippen LogP contribution in [-0.2, 0) is 24.3 Å². The van der Waals surface area contributed by atoms with E-state index in [1.54, 1.807) is 20.8 Å². The lowest BCUT2D eigenvalue weighted by Gasteiger charge is -2.20. The fourth-order valence-corrected chi connectivity index (χ4v) is 4.29. The fourth-order valence-electron chi connectivity index (χ4n) is 2.77. The monoisotopic (exact) mass is 397 g/mol. The van der Waals surface area contributed by atoms with E-state index in [9.17, 15) is 18.0 Å². The van der Waals surface area contributed by atoms with Crippen LogP contribution in [0.3, 0.4) is 0 Å². The Hall–Kier alpha value is -1.93. The molecule has 0 amide bonds. The van der Waals surface area contributed by atoms with Crippen LogP contribution in [0.25, 0.3) is 0 Å². The molecule has 8 heteroatoms. The second kappa shape index (κ2) is 8.84. The van der Waals surface area contributed by atoms with E-state index in [0.29, 0.717) is 13.1 Å². The van der Waals surface area contributed by atoms with Gasteiger partial charge in [0.1, 0.15) is 5.60 Å². The number of esters is 2. The third-order valence-electron chi connectivity index (χ3n) is 4.03. The SMILES string of the molecule is CC(C)(C)OC(=O)COC(=O)c1ccc(S(=O)(=O)N2CCCCCC2)cc1. The zero-order valence-corrected chi connectivity index (χ0v) is 16.9. The van der Waals surface area contributed by atoms with Crippen LogP contribution in [-0.4, -0.2) is 50.0 Å². The number of hydrogen-bond donors (Lipinski definition) is 0. The van der Waals surface area contributed by atoms with E-state index in [0.717, 1.165) is 25.7 Å². The van der Waals surface area contributed by atoms with Gasteiger partial charge in [0.15, 0.2) is 6.61 Å². The van der Waals surface area contributed by atoms with Crippen LogP contribution in [0.4, 0.5) is 0 Å². The Labute approximate surface area is 160 Å². The summed E-state index contributed by atoms with van der Waals surface area (Å²) in [5.74, 6) is -1.35. The molecular formula is C19H27NO6S. The smallest absolute Gasteiger partial charge is 0.344 e. The van der Waals surface area contributed by atoms with Gasteiger partial charge in [-0.2, -0.15) is 4.31 Å². The highest BCUT2D eigenvalue weighted by atomic mass is 32.2. The number of rotatable bonds is 5. The molecule has 0 saturated carbocycles. The first-order chi connectivity index (χ1) is 12.6. The number of carbonyl (C=O) groups is 2. The first-order valence-electron chi connectivity index (χ1n) is 9.09. The number of ether oxygens (including phenoxy) is 2. The molecule has 0 atom stereocenters. The molecule has 1 heterocycles. The van der Waals surface area contributed by atoms with E-state index in [2.05, 4.69) is 0 Å². The molecule has 7 nitrogen and oxygen atoms in total. The Balaban J connectivity index is 1.99. The van der Waals surface area contributed by atoms with Crippen molar-refractivity contribution < 1.29 is 27.5 Å². The van der Waals surface area contributed by atoms with Crippen LogP contribution in [0.5, 0.6) is 0 Å². The topological polar surface area (TPSA) is 90.0 Å². The highest BCUT2D eigenvalue weighted by Gasteiger charge is 2.25.